The molecule has 1 fully saturated rings. The van der Waals surface area contributed by atoms with Gasteiger partial charge in [-0.3, -0.25) is 9.69 Å². The van der Waals surface area contributed by atoms with Crippen molar-refractivity contribution in [3.8, 4) is 0 Å². The van der Waals surface area contributed by atoms with Crippen LogP contribution in [0.2, 0.25) is 0 Å². The minimum atomic E-state index is -3.58. The molecule has 6 nitrogen and oxygen atoms in total. The second-order valence-corrected chi connectivity index (χ2v) is 9.90. The Balaban J connectivity index is 1.41. The maximum absolute atomic E-state index is 13.2. The standard InChI is InChI=1S/C25H27N3O3S/c1-20-18-23(12-13-24(20)26-25(29)22-10-6-3-7-11-22)32(30,31)28-16-14-27(15-17-28)19-21-8-4-2-5-9-21/h2-13,18H,14-17,19H2,1H3,(H,26,29). The predicted molar refractivity (Wildman–Crippen MR) is 126 cm³/mol. The number of piperazine rings is 1. The van der Waals surface area contributed by atoms with Gasteiger partial charge in [-0.25, -0.2) is 8.42 Å². The van der Waals surface area contributed by atoms with E-state index in [2.05, 4.69) is 22.3 Å². The fourth-order valence-electron chi connectivity index (χ4n) is 3.84. The average Bonchev–Trinajstić information content (AvgIpc) is 2.82. The molecule has 1 saturated heterocycles. The van der Waals surface area contributed by atoms with Crippen molar-refractivity contribution < 1.29 is 13.2 Å². The number of anilines is 1. The molecule has 1 heterocycles. The van der Waals surface area contributed by atoms with Crippen LogP contribution in [0.4, 0.5) is 5.69 Å². The number of carbonyl (C=O) groups excluding carboxylic acids is 1. The second-order valence-electron chi connectivity index (χ2n) is 7.96. The van der Waals surface area contributed by atoms with E-state index < -0.39 is 10.0 Å². The maximum Gasteiger partial charge on any atom is 0.255 e. The minimum absolute atomic E-state index is 0.223. The Hall–Kier alpha value is -3.00. The van der Waals surface area contributed by atoms with Crippen molar-refractivity contribution in [1.82, 2.24) is 9.21 Å². The summed E-state index contributed by atoms with van der Waals surface area (Å²) >= 11 is 0. The van der Waals surface area contributed by atoms with Gasteiger partial charge in [-0.1, -0.05) is 48.5 Å². The molecular weight excluding hydrogens is 422 g/mol. The first-order valence-electron chi connectivity index (χ1n) is 10.7. The fourth-order valence-corrected chi connectivity index (χ4v) is 5.35. The first-order valence-corrected chi connectivity index (χ1v) is 12.1. The SMILES string of the molecule is Cc1cc(S(=O)(=O)N2CCN(Cc3ccccc3)CC2)ccc1NC(=O)c1ccccc1. The lowest BCUT2D eigenvalue weighted by Crippen LogP contribution is -2.48. The third-order valence-corrected chi connectivity index (χ3v) is 7.59. The highest BCUT2D eigenvalue weighted by atomic mass is 32.2. The number of rotatable bonds is 6. The zero-order valence-corrected chi connectivity index (χ0v) is 18.9. The van der Waals surface area contributed by atoms with Crippen LogP contribution in [0.15, 0.2) is 83.8 Å². The van der Waals surface area contributed by atoms with Crippen LogP contribution >= 0.6 is 0 Å². The third kappa shape index (κ3) is 5.07. The Bertz CT molecular complexity index is 1170. The summed E-state index contributed by atoms with van der Waals surface area (Å²) in [6.45, 7) is 4.93. The second kappa shape index (κ2) is 9.65. The molecule has 0 saturated carbocycles. The monoisotopic (exact) mass is 449 g/mol. The molecule has 1 aliphatic heterocycles. The summed E-state index contributed by atoms with van der Waals surface area (Å²) < 4.78 is 27.9. The number of amides is 1. The molecule has 3 aromatic rings. The Morgan fingerprint density at radius 2 is 1.50 bits per heavy atom. The number of benzene rings is 3. The van der Waals surface area contributed by atoms with Gasteiger partial charge in [0.2, 0.25) is 10.0 Å². The van der Waals surface area contributed by atoms with E-state index in [-0.39, 0.29) is 10.8 Å². The molecule has 166 valence electrons. The lowest BCUT2D eigenvalue weighted by atomic mass is 10.1. The molecule has 7 heteroatoms. The van der Waals surface area contributed by atoms with Crippen molar-refractivity contribution in [3.05, 3.63) is 95.6 Å². The van der Waals surface area contributed by atoms with Crippen molar-refractivity contribution in [1.29, 1.82) is 0 Å². The quantitative estimate of drug-likeness (QED) is 0.622. The number of sulfonamides is 1. The van der Waals surface area contributed by atoms with Gasteiger partial charge in [0.05, 0.1) is 4.90 Å². The van der Waals surface area contributed by atoms with Gasteiger partial charge in [-0.05, 0) is 48.4 Å². The molecule has 0 atom stereocenters. The summed E-state index contributed by atoms with van der Waals surface area (Å²) in [6, 6.07) is 24.0. The zero-order chi connectivity index (χ0) is 22.6. The lowest BCUT2D eigenvalue weighted by molar-refractivity contribution is 0.102. The van der Waals surface area contributed by atoms with E-state index in [4.69, 9.17) is 0 Å². The number of aryl methyl sites for hydroxylation is 1. The van der Waals surface area contributed by atoms with E-state index in [1.54, 1.807) is 53.7 Å². The smallest absolute Gasteiger partial charge is 0.255 e. The summed E-state index contributed by atoms with van der Waals surface area (Å²) in [7, 11) is -3.58. The van der Waals surface area contributed by atoms with E-state index >= 15 is 0 Å². The van der Waals surface area contributed by atoms with Crippen molar-refractivity contribution in [2.75, 3.05) is 31.5 Å². The topological polar surface area (TPSA) is 69.7 Å². The van der Waals surface area contributed by atoms with Gasteiger partial charge in [0, 0.05) is 44.0 Å². The third-order valence-electron chi connectivity index (χ3n) is 5.70. The highest BCUT2D eigenvalue weighted by Crippen LogP contribution is 2.24. The molecule has 3 aromatic carbocycles. The first-order chi connectivity index (χ1) is 15.4. The first kappa shape index (κ1) is 22.2. The van der Waals surface area contributed by atoms with Crippen LogP contribution in [-0.4, -0.2) is 49.7 Å². The molecule has 0 aromatic heterocycles. The maximum atomic E-state index is 13.2. The van der Waals surface area contributed by atoms with Gasteiger partial charge in [-0.2, -0.15) is 4.31 Å². The number of hydrogen-bond acceptors (Lipinski definition) is 4. The molecule has 4 rings (SSSR count). The molecule has 1 amide bonds. The molecule has 0 aliphatic carbocycles. The zero-order valence-electron chi connectivity index (χ0n) is 18.1. The largest absolute Gasteiger partial charge is 0.322 e. The number of carbonyl (C=O) groups is 1. The molecule has 1 N–H and O–H groups in total. The molecule has 0 spiro atoms. The van der Waals surface area contributed by atoms with Gasteiger partial charge < -0.3 is 5.32 Å². The Morgan fingerprint density at radius 1 is 0.875 bits per heavy atom. The van der Waals surface area contributed by atoms with Crippen molar-refractivity contribution in [2.45, 2.75) is 18.4 Å². The van der Waals surface area contributed by atoms with Gasteiger partial charge >= 0.3 is 0 Å². The van der Waals surface area contributed by atoms with Gasteiger partial charge in [0.1, 0.15) is 0 Å². The highest BCUT2D eigenvalue weighted by Gasteiger charge is 2.28. The van der Waals surface area contributed by atoms with Crippen LogP contribution in [0, 0.1) is 6.92 Å². The van der Waals surface area contributed by atoms with E-state index in [0.717, 1.165) is 6.54 Å². The van der Waals surface area contributed by atoms with E-state index in [0.29, 0.717) is 43.0 Å². The normalized spacial score (nSPS) is 15.4. The summed E-state index contributed by atoms with van der Waals surface area (Å²) in [5, 5.41) is 2.86. The van der Waals surface area contributed by atoms with Crippen LogP contribution in [0.1, 0.15) is 21.5 Å². The summed E-state index contributed by atoms with van der Waals surface area (Å²) in [5.41, 5.74) is 3.09. The molecule has 0 radical (unpaired) electrons. The van der Waals surface area contributed by atoms with Crippen LogP contribution in [0.3, 0.4) is 0 Å². The minimum Gasteiger partial charge on any atom is -0.322 e. The lowest BCUT2D eigenvalue weighted by Gasteiger charge is -2.34. The van der Waals surface area contributed by atoms with Crippen molar-refractivity contribution in [2.24, 2.45) is 0 Å². The summed E-state index contributed by atoms with van der Waals surface area (Å²) in [5.74, 6) is -0.223. The molecular formula is C25H27N3O3S. The molecule has 0 bridgehead atoms. The van der Waals surface area contributed by atoms with Crippen LogP contribution in [0.25, 0.3) is 0 Å². The summed E-state index contributed by atoms with van der Waals surface area (Å²) in [4.78, 5) is 14.9. The number of nitrogens with zero attached hydrogens (tertiary/aromatic N) is 2. The molecule has 0 unspecified atom stereocenters. The predicted octanol–water partition coefficient (Wildman–Crippen LogP) is 3.75. The number of nitrogens with one attached hydrogen (secondary N) is 1. The molecule has 32 heavy (non-hydrogen) atoms. The Morgan fingerprint density at radius 3 is 2.12 bits per heavy atom. The van der Waals surface area contributed by atoms with E-state index in [1.807, 2.05) is 24.3 Å². The van der Waals surface area contributed by atoms with Crippen LogP contribution in [0.5, 0.6) is 0 Å². The van der Waals surface area contributed by atoms with Gasteiger partial charge in [0.25, 0.3) is 5.91 Å². The van der Waals surface area contributed by atoms with E-state index in [1.165, 1.54) is 5.56 Å². The van der Waals surface area contributed by atoms with Crippen molar-refractivity contribution in [3.63, 3.8) is 0 Å². The highest BCUT2D eigenvalue weighted by molar-refractivity contribution is 7.89. The van der Waals surface area contributed by atoms with Crippen molar-refractivity contribution >= 4 is 21.6 Å². The van der Waals surface area contributed by atoms with Crippen LogP contribution < -0.4 is 5.32 Å². The molecule has 1 aliphatic rings. The average molecular weight is 450 g/mol. The fraction of sp³-hybridized carbons (Fsp3) is 0.240. The summed E-state index contributed by atoms with van der Waals surface area (Å²) in [6.07, 6.45) is 0. The number of hydrogen-bond donors (Lipinski definition) is 1. The van der Waals surface area contributed by atoms with E-state index in [9.17, 15) is 13.2 Å². The Labute approximate surface area is 189 Å². The van der Waals surface area contributed by atoms with Crippen LogP contribution in [-0.2, 0) is 16.6 Å². The van der Waals surface area contributed by atoms with Gasteiger partial charge in [0.15, 0.2) is 0 Å². The van der Waals surface area contributed by atoms with Gasteiger partial charge in [-0.15, -0.1) is 0 Å². The Kier molecular flexibility index (Phi) is 6.69.